The highest BCUT2D eigenvalue weighted by Crippen LogP contribution is 2.20. The van der Waals surface area contributed by atoms with Crippen LogP contribution in [-0.2, 0) is 35.6 Å². The highest BCUT2D eigenvalue weighted by molar-refractivity contribution is 7.90. The second kappa shape index (κ2) is 26.0. The van der Waals surface area contributed by atoms with E-state index in [0.717, 1.165) is 44.3 Å². The number of primary amides is 1. The Balaban J connectivity index is 1.96. The number of rotatable bonds is 31. The third kappa shape index (κ3) is 22.6. The molecule has 2 atom stereocenters. The summed E-state index contributed by atoms with van der Waals surface area (Å²) in [5, 5.41) is 16.7. The van der Waals surface area contributed by atoms with Crippen LogP contribution >= 0.6 is 0 Å². The van der Waals surface area contributed by atoms with E-state index >= 15 is 0 Å². The number of nitrogens with one attached hydrogen (secondary N) is 3. The maximum Gasteiger partial charge on any atom is 0.234 e. The molecule has 0 fully saturated rings. The summed E-state index contributed by atoms with van der Waals surface area (Å²) in [6.45, 7) is 6.03. The minimum absolute atomic E-state index is 0.0126. The maximum atomic E-state index is 12.4. The average molecular weight is 698 g/mol. The number of aromatic nitrogens is 4. The van der Waals surface area contributed by atoms with Gasteiger partial charge in [-0.2, -0.15) is 5.21 Å². The van der Waals surface area contributed by atoms with Crippen LogP contribution in [0.15, 0.2) is 0 Å². The normalized spacial score (nSPS) is 12.9. The van der Waals surface area contributed by atoms with Gasteiger partial charge >= 0.3 is 0 Å². The number of carbonyl (C=O) groups excluding carboxylic acids is 4. The van der Waals surface area contributed by atoms with Gasteiger partial charge in [-0.15, -0.1) is 10.2 Å². The van der Waals surface area contributed by atoms with E-state index in [4.69, 9.17) is 5.73 Å². The van der Waals surface area contributed by atoms with E-state index in [9.17, 15) is 27.6 Å². The molecule has 14 heteroatoms. The van der Waals surface area contributed by atoms with Gasteiger partial charge in [-0.25, -0.2) is 8.42 Å². The van der Waals surface area contributed by atoms with Crippen molar-refractivity contribution in [3.63, 3.8) is 0 Å². The summed E-state index contributed by atoms with van der Waals surface area (Å²) in [4.78, 5) is 48.2. The fourth-order valence-electron chi connectivity index (χ4n) is 5.64. The number of ketones is 1. The quantitative estimate of drug-likeness (QED) is 0.0763. The number of hydrogen-bond acceptors (Lipinski definition) is 9. The molecule has 1 rings (SSSR count). The zero-order valence-corrected chi connectivity index (χ0v) is 30.6. The molecule has 276 valence electrons. The van der Waals surface area contributed by atoms with Crippen LogP contribution in [0.3, 0.4) is 0 Å². The Morgan fingerprint density at radius 3 is 1.85 bits per heavy atom. The largest absolute Gasteiger partial charge is 0.369 e. The van der Waals surface area contributed by atoms with Crippen molar-refractivity contribution in [3.8, 4) is 0 Å². The van der Waals surface area contributed by atoms with Gasteiger partial charge in [-0.1, -0.05) is 103 Å². The molecule has 0 radical (unpaired) electrons. The second-order valence-electron chi connectivity index (χ2n) is 13.5. The molecule has 1 heterocycles. The maximum absolute atomic E-state index is 12.4. The SMILES string of the molecule is CC(C)[C@H](CC(=O)[C@@H](C)CCCCNC(=O)CCCS(=O)(=O)NC(=O)CCCCCCCCCCCCCCCc1nn[nH]n1)C(N)=O. The van der Waals surface area contributed by atoms with E-state index in [2.05, 4.69) is 30.7 Å². The number of aromatic amines is 1. The molecule has 3 amide bonds. The number of Topliss-reactive ketones (excluding diaryl/α,β-unsaturated/α-hetero) is 1. The number of carbonyl (C=O) groups is 4. The molecule has 48 heavy (non-hydrogen) atoms. The fourth-order valence-corrected chi connectivity index (χ4v) is 6.71. The highest BCUT2D eigenvalue weighted by Gasteiger charge is 2.25. The van der Waals surface area contributed by atoms with Crippen LogP contribution in [0, 0.1) is 17.8 Å². The summed E-state index contributed by atoms with van der Waals surface area (Å²) >= 11 is 0. The molecular formula is C34H63N7O6S. The molecule has 5 N–H and O–H groups in total. The van der Waals surface area contributed by atoms with E-state index < -0.39 is 27.8 Å². The lowest BCUT2D eigenvalue weighted by molar-refractivity contribution is -0.130. The van der Waals surface area contributed by atoms with E-state index in [1.807, 2.05) is 20.8 Å². The van der Waals surface area contributed by atoms with Crippen LogP contribution < -0.4 is 15.8 Å². The molecule has 0 saturated heterocycles. The van der Waals surface area contributed by atoms with Crippen molar-refractivity contribution >= 4 is 33.5 Å². The molecule has 0 aliphatic carbocycles. The summed E-state index contributed by atoms with van der Waals surface area (Å²) in [6, 6.07) is 0. The molecule has 1 aromatic rings. The van der Waals surface area contributed by atoms with Crippen LogP contribution in [0.1, 0.15) is 155 Å². The fraction of sp³-hybridized carbons (Fsp3) is 0.853. The van der Waals surface area contributed by atoms with E-state index in [1.165, 1.54) is 51.4 Å². The Hall–Kier alpha value is -2.90. The van der Waals surface area contributed by atoms with Crippen molar-refractivity contribution in [2.45, 2.75) is 156 Å². The first-order chi connectivity index (χ1) is 22.9. The number of aryl methyl sites for hydroxylation is 1. The summed E-state index contributed by atoms with van der Waals surface area (Å²) in [7, 11) is -3.77. The molecule has 0 bridgehead atoms. The Kier molecular flexibility index (Phi) is 23.4. The highest BCUT2D eigenvalue weighted by atomic mass is 32.2. The number of tetrazole rings is 1. The van der Waals surface area contributed by atoms with E-state index in [-0.39, 0.29) is 55.0 Å². The first kappa shape index (κ1) is 43.1. The van der Waals surface area contributed by atoms with Gasteiger partial charge in [0, 0.05) is 44.1 Å². The Morgan fingerprint density at radius 2 is 1.31 bits per heavy atom. The zero-order chi connectivity index (χ0) is 35.6. The van der Waals surface area contributed by atoms with Crippen LogP contribution in [0.4, 0.5) is 0 Å². The predicted molar refractivity (Wildman–Crippen MR) is 187 cm³/mol. The van der Waals surface area contributed by atoms with Gasteiger partial charge < -0.3 is 11.1 Å². The summed E-state index contributed by atoms with van der Waals surface area (Å²) < 4.78 is 26.6. The molecule has 0 saturated carbocycles. The standard InChI is InChI=1S/C34H63N7O6S/c1-27(2)29(34(35)45)26-30(42)28(3)20-17-18-24-36-32(43)23-19-25-48(46,47)39-33(44)22-16-14-12-10-8-6-4-5-7-9-11-13-15-21-31-37-40-41-38-31/h27-29H,4-26H2,1-3H3,(H2,35,45)(H,36,43)(H,39,44)(H,37,38,40,41)/t28-,29-/m0/s1. The average Bonchev–Trinajstić information content (AvgIpc) is 3.54. The van der Waals surface area contributed by atoms with Crippen LogP contribution in [0.2, 0.25) is 0 Å². The van der Waals surface area contributed by atoms with Crippen LogP contribution in [0.25, 0.3) is 0 Å². The number of nitrogens with zero attached hydrogens (tertiary/aromatic N) is 3. The zero-order valence-electron chi connectivity index (χ0n) is 29.8. The molecule has 1 aromatic heterocycles. The van der Waals surface area contributed by atoms with Gasteiger partial charge in [0.05, 0.1) is 5.75 Å². The van der Waals surface area contributed by atoms with Gasteiger partial charge in [0.2, 0.25) is 27.7 Å². The minimum Gasteiger partial charge on any atom is -0.369 e. The molecule has 0 aliphatic rings. The van der Waals surface area contributed by atoms with Crippen molar-refractivity contribution < 1.29 is 27.6 Å². The van der Waals surface area contributed by atoms with Gasteiger partial charge in [0.25, 0.3) is 0 Å². The van der Waals surface area contributed by atoms with Gasteiger partial charge in [-0.3, -0.25) is 23.9 Å². The number of sulfonamides is 1. The monoisotopic (exact) mass is 697 g/mol. The topological polar surface area (TPSA) is 207 Å². The Bertz CT molecular complexity index is 1140. The summed E-state index contributed by atoms with van der Waals surface area (Å²) in [6.07, 6.45) is 18.3. The summed E-state index contributed by atoms with van der Waals surface area (Å²) in [5.41, 5.74) is 5.41. The van der Waals surface area contributed by atoms with Gasteiger partial charge in [0.1, 0.15) is 5.78 Å². The van der Waals surface area contributed by atoms with Gasteiger partial charge in [-0.05, 0) is 38.0 Å². The molecule has 0 spiro atoms. The van der Waals surface area contributed by atoms with Crippen molar-refractivity contribution in [3.05, 3.63) is 5.82 Å². The van der Waals surface area contributed by atoms with Gasteiger partial charge in [0.15, 0.2) is 5.82 Å². The lowest BCUT2D eigenvalue weighted by Gasteiger charge is -2.18. The lowest BCUT2D eigenvalue weighted by atomic mass is 9.86. The van der Waals surface area contributed by atoms with Crippen molar-refractivity contribution in [2.75, 3.05) is 12.3 Å². The molecular weight excluding hydrogens is 634 g/mol. The second-order valence-corrected chi connectivity index (χ2v) is 15.4. The third-order valence-electron chi connectivity index (χ3n) is 8.81. The molecule has 0 aromatic carbocycles. The summed E-state index contributed by atoms with van der Waals surface area (Å²) in [5.74, 6) is -1.28. The van der Waals surface area contributed by atoms with Crippen LogP contribution in [0.5, 0.6) is 0 Å². The van der Waals surface area contributed by atoms with E-state index in [1.54, 1.807) is 0 Å². The number of hydrogen-bond donors (Lipinski definition) is 4. The molecule has 0 unspecified atom stereocenters. The minimum atomic E-state index is -3.77. The van der Waals surface area contributed by atoms with Crippen molar-refractivity contribution in [2.24, 2.45) is 23.5 Å². The van der Waals surface area contributed by atoms with Crippen molar-refractivity contribution in [1.82, 2.24) is 30.7 Å². The Morgan fingerprint density at radius 1 is 0.750 bits per heavy atom. The molecule has 0 aliphatic heterocycles. The van der Waals surface area contributed by atoms with Crippen LogP contribution in [-0.4, -0.2) is 64.8 Å². The lowest BCUT2D eigenvalue weighted by Crippen LogP contribution is -2.33. The number of unbranched alkanes of at least 4 members (excludes halogenated alkanes) is 13. The first-order valence-corrected chi connectivity index (χ1v) is 19.9. The smallest absolute Gasteiger partial charge is 0.234 e. The third-order valence-corrected chi connectivity index (χ3v) is 10.2. The first-order valence-electron chi connectivity index (χ1n) is 18.3. The predicted octanol–water partition coefficient (Wildman–Crippen LogP) is 5.07. The van der Waals surface area contributed by atoms with E-state index in [0.29, 0.717) is 25.8 Å². The number of nitrogens with two attached hydrogens (primary N) is 1. The number of H-pyrrole nitrogens is 1. The molecule has 13 nitrogen and oxygen atoms in total. The number of amides is 3. The Labute approximate surface area is 288 Å². The van der Waals surface area contributed by atoms with Crippen molar-refractivity contribution in [1.29, 1.82) is 0 Å².